The second-order valence-electron chi connectivity index (χ2n) is 2.94. The normalized spacial score (nSPS) is 9.18. The van der Waals surface area contributed by atoms with Crippen molar-refractivity contribution in [2.75, 3.05) is 26.1 Å². The van der Waals surface area contributed by atoms with Crippen molar-refractivity contribution in [2.24, 2.45) is 5.73 Å². The fourth-order valence-electron chi connectivity index (χ4n) is 1.16. The van der Waals surface area contributed by atoms with E-state index in [1.54, 1.807) is 12.1 Å². The topological polar surface area (TPSA) is 73.6 Å². The first-order chi connectivity index (χ1) is 7.62. The molecule has 0 aliphatic heterocycles. The predicted molar refractivity (Wildman–Crippen MR) is 69.5 cm³/mol. The van der Waals surface area contributed by atoms with Gasteiger partial charge in [-0.3, -0.25) is 4.79 Å². The van der Waals surface area contributed by atoms with E-state index in [4.69, 9.17) is 26.8 Å². The number of benzene rings is 1. The van der Waals surface area contributed by atoms with Crippen LogP contribution in [0.2, 0.25) is 5.02 Å². The average molecular weight is 281 g/mol. The maximum atomic E-state index is 11.1. The predicted octanol–water partition coefficient (Wildman–Crippen LogP) is 1.68. The van der Waals surface area contributed by atoms with Gasteiger partial charge in [0.15, 0.2) is 0 Å². The van der Waals surface area contributed by atoms with E-state index in [1.807, 2.05) is 0 Å². The van der Waals surface area contributed by atoms with E-state index in [-0.39, 0.29) is 24.9 Å². The SMILES string of the molecule is COc1cc(OC)c(NC(=O)CN)cc1Cl.Cl. The van der Waals surface area contributed by atoms with Crippen molar-refractivity contribution in [1.29, 1.82) is 0 Å². The summed E-state index contributed by atoms with van der Waals surface area (Å²) in [5.41, 5.74) is 5.66. The lowest BCUT2D eigenvalue weighted by atomic mass is 10.2. The van der Waals surface area contributed by atoms with Crippen LogP contribution in [0, 0.1) is 0 Å². The summed E-state index contributed by atoms with van der Waals surface area (Å²) in [6.07, 6.45) is 0. The van der Waals surface area contributed by atoms with Crippen LogP contribution >= 0.6 is 24.0 Å². The summed E-state index contributed by atoms with van der Waals surface area (Å²) >= 11 is 5.92. The summed E-state index contributed by atoms with van der Waals surface area (Å²) in [4.78, 5) is 11.1. The molecule has 1 aromatic carbocycles. The summed E-state index contributed by atoms with van der Waals surface area (Å²) in [5, 5.41) is 2.96. The Kier molecular flexibility index (Phi) is 6.72. The Bertz CT molecular complexity index is 399. The van der Waals surface area contributed by atoms with Crippen molar-refractivity contribution in [1.82, 2.24) is 0 Å². The Hall–Kier alpha value is -1.17. The summed E-state index contributed by atoms with van der Waals surface area (Å²) in [5.74, 6) is 0.617. The van der Waals surface area contributed by atoms with Crippen LogP contribution in [-0.2, 0) is 4.79 Å². The third-order valence-electron chi connectivity index (χ3n) is 1.93. The molecule has 1 aromatic rings. The number of halogens is 2. The van der Waals surface area contributed by atoms with Crippen molar-refractivity contribution >= 4 is 35.6 Å². The Morgan fingerprint density at radius 3 is 2.41 bits per heavy atom. The molecule has 5 nitrogen and oxygen atoms in total. The quantitative estimate of drug-likeness (QED) is 0.880. The monoisotopic (exact) mass is 280 g/mol. The standard InChI is InChI=1S/C10H13ClN2O3.ClH/c1-15-8-4-9(16-2)7(3-6(8)11)13-10(14)5-12;/h3-4H,5,12H2,1-2H3,(H,13,14);1H. The van der Waals surface area contributed by atoms with Gasteiger partial charge in [-0.05, 0) is 6.07 Å². The number of nitrogens with two attached hydrogens (primary N) is 1. The second kappa shape index (κ2) is 7.21. The Morgan fingerprint density at radius 1 is 1.35 bits per heavy atom. The molecule has 1 amide bonds. The lowest BCUT2D eigenvalue weighted by molar-refractivity contribution is -0.114. The van der Waals surface area contributed by atoms with E-state index in [9.17, 15) is 4.79 Å². The number of anilines is 1. The number of carbonyl (C=O) groups is 1. The number of carbonyl (C=O) groups excluding carboxylic acids is 1. The molecule has 0 spiro atoms. The molecule has 0 heterocycles. The van der Waals surface area contributed by atoms with Crippen molar-refractivity contribution < 1.29 is 14.3 Å². The third kappa shape index (κ3) is 3.96. The highest BCUT2D eigenvalue weighted by Gasteiger charge is 2.11. The smallest absolute Gasteiger partial charge is 0.238 e. The number of hydrogen-bond donors (Lipinski definition) is 2. The largest absolute Gasteiger partial charge is 0.495 e. The van der Waals surface area contributed by atoms with Gasteiger partial charge in [-0.2, -0.15) is 0 Å². The molecule has 3 N–H and O–H groups in total. The van der Waals surface area contributed by atoms with Crippen molar-refractivity contribution in [3.63, 3.8) is 0 Å². The molecule has 17 heavy (non-hydrogen) atoms. The third-order valence-corrected chi connectivity index (χ3v) is 2.23. The summed E-state index contributed by atoms with van der Waals surface area (Å²) in [7, 11) is 2.99. The second-order valence-corrected chi connectivity index (χ2v) is 3.35. The summed E-state index contributed by atoms with van der Waals surface area (Å²) in [6.45, 7) is -0.104. The molecule has 0 fully saturated rings. The average Bonchev–Trinajstić information content (AvgIpc) is 2.29. The Labute approximate surface area is 111 Å². The minimum atomic E-state index is -0.320. The van der Waals surface area contributed by atoms with E-state index >= 15 is 0 Å². The molecular formula is C10H14Cl2N2O3. The number of rotatable bonds is 4. The highest BCUT2D eigenvalue weighted by atomic mass is 35.5. The lowest BCUT2D eigenvalue weighted by Gasteiger charge is -2.12. The minimum absolute atomic E-state index is 0. The molecule has 0 saturated heterocycles. The van der Waals surface area contributed by atoms with Gasteiger partial charge < -0.3 is 20.5 Å². The number of amides is 1. The van der Waals surface area contributed by atoms with Gasteiger partial charge in [0.1, 0.15) is 11.5 Å². The van der Waals surface area contributed by atoms with E-state index in [1.165, 1.54) is 14.2 Å². The van der Waals surface area contributed by atoms with Crippen LogP contribution in [0.5, 0.6) is 11.5 Å². The number of methoxy groups -OCH3 is 2. The van der Waals surface area contributed by atoms with Crippen LogP contribution in [-0.4, -0.2) is 26.7 Å². The van der Waals surface area contributed by atoms with Crippen molar-refractivity contribution in [2.45, 2.75) is 0 Å². The number of nitrogens with one attached hydrogen (secondary N) is 1. The van der Waals surface area contributed by atoms with Gasteiger partial charge in [0.25, 0.3) is 0 Å². The molecular weight excluding hydrogens is 267 g/mol. The number of hydrogen-bond acceptors (Lipinski definition) is 4. The van der Waals surface area contributed by atoms with Gasteiger partial charge in [-0.1, -0.05) is 11.6 Å². The number of ether oxygens (including phenoxy) is 2. The molecule has 0 saturated carbocycles. The molecule has 0 radical (unpaired) electrons. The highest BCUT2D eigenvalue weighted by Crippen LogP contribution is 2.35. The van der Waals surface area contributed by atoms with Gasteiger partial charge in [-0.15, -0.1) is 12.4 Å². The fraction of sp³-hybridized carbons (Fsp3) is 0.300. The zero-order valence-electron chi connectivity index (χ0n) is 9.45. The van der Waals surface area contributed by atoms with Crippen LogP contribution in [0.15, 0.2) is 12.1 Å². The van der Waals surface area contributed by atoms with E-state index < -0.39 is 0 Å². The Balaban J connectivity index is 0.00000256. The molecule has 0 unspecified atom stereocenters. The van der Waals surface area contributed by atoms with E-state index in [2.05, 4.69) is 5.32 Å². The van der Waals surface area contributed by atoms with Crippen LogP contribution in [0.3, 0.4) is 0 Å². The lowest BCUT2D eigenvalue weighted by Crippen LogP contribution is -2.22. The van der Waals surface area contributed by atoms with E-state index in [0.29, 0.717) is 22.2 Å². The first-order valence-corrected chi connectivity index (χ1v) is 4.91. The van der Waals surface area contributed by atoms with Gasteiger partial charge in [0, 0.05) is 6.07 Å². The van der Waals surface area contributed by atoms with Crippen LogP contribution in [0.25, 0.3) is 0 Å². The molecule has 0 aliphatic rings. The molecule has 0 aromatic heterocycles. The molecule has 0 aliphatic carbocycles. The molecule has 1 rings (SSSR count). The molecule has 7 heteroatoms. The van der Waals surface area contributed by atoms with Gasteiger partial charge >= 0.3 is 0 Å². The van der Waals surface area contributed by atoms with Gasteiger partial charge in [-0.25, -0.2) is 0 Å². The molecule has 0 bridgehead atoms. The maximum absolute atomic E-state index is 11.1. The van der Waals surface area contributed by atoms with E-state index in [0.717, 1.165) is 0 Å². The zero-order chi connectivity index (χ0) is 12.1. The summed E-state index contributed by atoms with van der Waals surface area (Å²) < 4.78 is 10.1. The first-order valence-electron chi connectivity index (χ1n) is 4.53. The van der Waals surface area contributed by atoms with Gasteiger partial charge in [0.2, 0.25) is 5.91 Å². The maximum Gasteiger partial charge on any atom is 0.238 e. The van der Waals surface area contributed by atoms with Crippen LogP contribution in [0.4, 0.5) is 5.69 Å². The van der Waals surface area contributed by atoms with Crippen molar-refractivity contribution in [3.05, 3.63) is 17.2 Å². The van der Waals surface area contributed by atoms with Gasteiger partial charge in [0.05, 0.1) is 31.5 Å². The zero-order valence-corrected chi connectivity index (χ0v) is 11.0. The highest BCUT2D eigenvalue weighted by molar-refractivity contribution is 6.32. The minimum Gasteiger partial charge on any atom is -0.495 e. The first kappa shape index (κ1) is 15.8. The Morgan fingerprint density at radius 2 is 1.94 bits per heavy atom. The molecule has 0 atom stereocenters. The van der Waals surface area contributed by atoms with Crippen molar-refractivity contribution in [3.8, 4) is 11.5 Å². The summed E-state index contributed by atoms with van der Waals surface area (Å²) in [6, 6.07) is 3.14. The van der Waals surface area contributed by atoms with Crippen LogP contribution in [0.1, 0.15) is 0 Å². The fourth-order valence-corrected chi connectivity index (χ4v) is 1.40. The van der Waals surface area contributed by atoms with Crippen LogP contribution < -0.4 is 20.5 Å². The molecule has 96 valence electrons.